The van der Waals surface area contributed by atoms with Gasteiger partial charge in [-0.05, 0) is 65.7 Å². The summed E-state index contributed by atoms with van der Waals surface area (Å²) in [5, 5.41) is 6.23. The first-order valence-corrected chi connectivity index (χ1v) is 14.5. The maximum absolute atomic E-state index is 14.1. The normalized spacial score (nSPS) is 16.8. The lowest BCUT2D eigenvalue weighted by molar-refractivity contribution is -0.133. The number of hydrazone groups is 1. The molecule has 0 N–H and O–H groups in total. The largest absolute Gasteiger partial charge is 0.497 e. The van der Waals surface area contributed by atoms with Gasteiger partial charge in [-0.1, -0.05) is 12.1 Å². The summed E-state index contributed by atoms with van der Waals surface area (Å²) in [6.45, 7) is 3.30. The molecule has 2 aliphatic heterocycles. The number of morpholine rings is 1. The Morgan fingerprint density at radius 2 is 1.70 bits per heavy atom. The fraction of sp³-hybridized carbons (Fsp3) is 0.364. The molecule has 0 aliphatic carbocycles. The van der Waals surface area contributed by atoms with Crippen LogP contribution in [0.3, 0.4) is 0 Å². The summed E-state index contributed by atoms with van der Waals surface area (Å²) in [4.78, 5) is 31.4. The van der Waals surface area contributed by atoms with Crippen molar-refractivity contribution in [3.05, 3.63) is 89.2 Å². The van der Waals surface area contributed by atoms with E-state index in [1.807, 2.05) is 36.4 Å². The van der Waals surface area contributed by atoms with Crippen molar-refractivity contribution in [3.8, 4) is 17.2 Å². The summed E-state index contributed by atoms with van der Waals surface area (Å²) in [6.07, 6.45) is 0.444. The van der Waals surface area contributed by atoms with Gasteiger partial charge in [0.25, 0.3) is 11.8 Å². The van der Waals surface area contributed by atoms with Gasteiger partial charge >= 0.3 is 0 Å². The van der Waals surface area contributed by atoms with Gasteiger partial charge in [0.2, 0.25) is 0 Å². The SMILES string of the molecule is COc1ccc(C2=NN(C(=O)CN(CCN3CCOCC3)C(=O)c3cccc(F)c3)C(c3ccc(OC)c(OC)c3)C2)cc1. The molecule has 11 heteroatoms. The summed E-state index contributed by atoms with van der Waals surface area (Å²) in [6, 6.07) is 18.1. The number of hydrogen-bond acceptors (Lipinski definition) is 8. The minimum Gasteiger partial charge on any atom is -0.497 e. The second-order valence-electron chi connectivity index (χ2n) is 10.5. The van der Waals surface area contributed by atoms with E-state index in [2.05, 4.69) is 4.90 Å². The van der Waals surface area contributed by atoms with E-state index in [4.69, 9.17) is 24.0 Å². The second kappa shape index (κ2) is 14.3. The first kappa shape index (κ1) is 31.0. The number of carbonyl (C=O) groups is 2. The van der Waals surface area contributed by atoms with E-state index in [0.717, 1.165) is 29.9 Å². The molecule has 0 bridgehead atoms. The Labute approximate surface area is 256 Å². The van der Waals surface area contributed by atoms with Crippen molar-refractivity contribution in [1.82, 2.24) is 14.8 Å². The zero-order valence-electron chi connectivity index (χ0n) is 25.2. The number of halogens is 1. The molecular formula is C33H37FN4O6. The van der Waals surface area contributed by atoms with Crippen LogP contribution >= 0.6 is 0 Å². The first-order chi connectivity index (χ1) is 21.4. The highest BCUT2D eigenvalue weighted by atomic mass is 19.1. The molecule has 232 valence electrons. The number of ether oxygens (including phenoxy) is 4. The average molecular weight is 605 g/mol. The molecular weight excluding hydrogens is 567 g/mol. The minimum atomic E-state index is -0.517. The standard InChI is InChI=1S/C33H37FN4O6/c1-41-27-10-7-23(8-11-27)28-21-29(24-9-12-30(42-2)31(20-24)43-3)38(35-28)32(39)22-37(14-13-36-15-17-44-18-16-36)33(40)25-5-4-6-26(34)19-25/h4-12,19-20,29H,13-18,21-22H2,1-3H3. The molecule has 44 heavy (non-hydrogen) atoms. The monoisotopic (exact) mass is 604 g/mol. The summed E-state index contributed by atoms with van der Waals surface area (Å²) >= 11 is 0. The van der Waals surface area contributed by atoms with Gasteiger partial charge in [0.15, 0.2) is 11.5 Å². The van der Waals surface area contributed by atoms with E-state index in [1.54, 1.807) is 33.5 Å². The maximum atomic E-state index is 14.1. The van der Waals surface area contributed by atoms with Crippen LogP contribution in [0.4, 0.5) is 4.39 Å². The Hall–Kier alpha value is -4.48. The zero-order valence-corrected chi connectivity index (χ0v) is 25.2. The highest BCUT2D eigenvalue weighted by Gasteiger charge is 2.35. The Balaban J connectivity index is 1.45. The summed E-state index contributed by atoms with van der Waals surface area (Å²) in [5.74, 6) is 0.509. The lowest BCUT2D eigenvalue weighted by Crippen LogP contribution is -2.46. The number of nitrogens with zero attached hydrogens (tertiary/aromatic N) is 4. The van der Waals surface area contributed by atoms with Gasteiger partial charge in [-0.2, -0.15) is 5.10 Å². The quantitative estimate of drug-likeness (QED) is 0.327. The third kappa shape index (κ3) is 7.17. The molecule has 2 amide bonds. The van der Waals surface area contributed by atoms with Crippen molar-refractivity contribution in [3.63, 3.8) is 0 Å². The van der Waals surface area contributed by atoms with Gasteiger partial charge in [0.1, 0.15) is 18.1 Å². The molecule has 0 saturated carbocycles. The van der Waals surface area contributed by atoms with E-state index >= 15 is 0 Å². The van der Waals surface area contributed by atoms with Gasteiger partial charge in [0, 0.05) is 38.2 Å². The van der Waals surface area contributed by atoms with Crippen LogP contribution in [0.2, 0.25) is 0 Å². The summed E-state index contributed by atoms with van der Waals surface area (Å²) in [7, 11) is 4.73. The zero-order chi connectivity index (χ0) is 31.1. The van der Waals surface area contributed by atoms with Crippen LogP contribution < -0.4 is 14.2 Å². The van der Waals surface area contributed by atoms with Crippen molar-refractivity contribution < 1.29 is 32.9 Å². The topological polar surface area (TPSA) is 93.1 Å². The molecule has 3 aromatic rings. The van der Waals surface area contributed by atoms with E-state index in [0.29, 0.717) is 43.4 Å². The Morgan fingerprint density at radius 1 is 0.955 bits per heavy atom. The van der Waals surface area contributed by atoms with E-state index < -0.39 is 17.8 Å². The van der Waals surface area contributed by atoms with Gasteiger partial charge in [-0.25, -0.2) is 9.40 Å². The van der Waals surface area contributed by atoms with Crippen LogP contribution in [-0.4, -0.2) is 99.6 Å². The van der Waals surface area contributed by atoms with Crippen LogP contribution in [0.15, 0.2) is 71.8 Å². The number of carbonyl (C=O) groups excluding carboxylic acids is 2. The Morgan fingerprint density at radius 3 is 2.39 bits per heavy atom. The molecule has 3 aromatic carbocycles. The second-order valence-corrected chi connectivity index (χ2v) is 10.5. The molecule has 0 aromatic heterocycles. The van der Waals surface area contributed by atoms with Crippen LogP contribution in [0, 0.1) is 5.82 Å². The van der Waals surface area contributed by atoms with Crippen LogP contribution in [0.25, 0.3) is 0 Å². The van der Waals surface area contributed by atoms with Crippen LogP contribution in [0.5, 0.6) is 17.2 Å². The van der Waals surface area contributed by atoms with E-state index in [-0.39, 0.29) is 24.6 Å². The molecule has 0 radical (unpaired) electrons. The predicted octanol–water partition coefficient (Wildman–Crippen LogP) is 4.00. The molecule has 1 atom stereocenters. The highest BCUT2D eigenvalue weighted by Crippen LogP contribution is 2.37. The van der Waals surface area contributed by atoms with Gasteiger partial charge in [-0.3, -0.25) is 14.5 Å². The third-order valence-corrected chi connectivity index (χ3v) is 7.86. The maximum Gasteiger partial charge on any atom is 0.262 e. The van der Waals surface area contributed by atoms with Crippen molar-refractivity contribution in [2.75, 3.05) is 67.3 Å². The van der Waals surface area contributed by atoms with Crippen molar-refractivity contribution >= 4 is 17.5 Å². The number of amides is 2. The molecule has 1 saturated heterocycles. The molecule has 1 fully saturated rings. The van der Waals surface area contributed by atoms with Crippen molar-refractivity contribution in [2.24, 2.45) is 5.10 Å². The van der Waals surface area contributed by atoms with Crippen LogP contribution in [0.1, 0.15) is 33.9 Å². The molecule has 2 aliphatic rings. The number of hydrogen-bond donors (Lipinski definition) is 0. The lowest BCUT2D eigenvalue weighted by Gasteiger charge is -2.31. The molecule has 0 spiro atoms. The fourth-order valence-electron chi connectivity index (χ4n) is 5.40. The van der Waals surface area contributed by atoms with Crippen molar-refractivity contribution in [1.29, 1.82) is 0 Å². The first-order valence-electron chi connectivity index (χ1n) is 14.5. The number of methoxy groups -OCH3 is 3. The summed E-state index contributed by atoms with van der Waals surface area (Å²) in [5.41, 5.74) is 2.56. The van der Waals surface area contributed by atoms with Crippen LogP contribution in [-0.2, 0) is 9.53 Å². The summed E-state index contributed by atoms with van der Waals surface area (Å²) < 4.78 is 35.8. The van der Waals surface area contributed by atoms with Gasteiger partial charge in [0.05, 0.1) is 46.3 Å². The van der Waals surface area contributed by atoms with E-state index in [1.165, 1.54) is 28.1 Å². The molecule has 2 heterocycles. The lowest BCUT2D eigenvalue weighted by atomic mass is 9.98. The predicted molar refractivity (Wildman–Crippen MR) is 163 cm³/mol. The minimum absolute atomic E-state index is 0.181. The number of rotatable bonds is 11. The third-order valence-electron chi connectivity index (χ3n) is 7.86. The van der Waals surface area contributed by atoms with Gasteiger partial charge in [-0.15, -0.1) is 0 Å². The number of benzene rings is 3. The smallest absolute Gasteiger partial charge is 0.262 e. The average Bonchev–Trinajstić information content (AvgIpc) is 3.52. The Bertz CT molecular complexity index is 1490. The van der Waals surface area contributed by atoms with E-state index in [9.17, 15) is 14.0 Å². The van der Waals surface area contributed by atoms with Gasteiger partial charge < -0.3 is 23.8 Å². The molecule has 10 nitrogen and oxygen atoms in total. The Kier molecular flexibility index (Phi) is 10.1. The highest BCUT2D eigenvalue weighted by molar-refractivity contribution is 6.04. The molecule has 5 rings (SSSR count). The fourth-order valence-corrected chi connectivity index (χ4v) is 5.40. The van der Waals surface area contributed by atoms with Crippen molar-refractivity contribution in [2.45, 2.75) is 12.5 Å². The molecule has 1 unspecified atom stereocenters.